The van der Waals surface area contributed by atoms with Gasteiger partial charge in [0, 0.05) is 23.6 Å². The number of primary sulfonamides is 1. The van der Waals surface area contributed by atoms with E-state index in [1.165, 1.54) is 49.7 Å². The molecule has 3 N–H and O–H groups in total. The molecule has 7 nitrogen and oxygen atoms in total. The van der Waals surface area contributed by atoms with Gasteiger partial charge in [0.1, 0.15) is 5.76 Å². The van der Waals surface area contributed by atoms with E-state index in [-0.39, 0.29) is 34.9 Å². The number of aryl methyl sites for hydroxylation is 1. The van der Waals surface area contributed by atoms with Crippen molar-refractivity contribution >= 4 is 20.9 Å². The van der Waals surface area contributed by atoms with Crippen LogP contribution in [0.5, 0.6) is 0 Å². The topological polar surface area (TPSA) is 112 Å². The fourth-order valence-electron chi connectivity index (χ4n) is 5.27. The lowest BCUT2D eigenvalue weighted by Gasteiger charge is -2.41. The van der Waals surface area contributed by atoms with Gasteiger partial charge in [-0.1, -0.05) is 32.1 Å². The molecule has 2 aliphatic rings. The average Bonchev–Trinajstić information content (AvgIpc) is 3.23. The zero-order valence-electron chi connectivity index (χ0n) is 20.2. The highest BCUT2D eigenvalue weighted by molar-refractivity contribution is 7.89. The molecular weight excluding hydrogens is 497 g/mol. The molecule has 11 heteroatoms. The van der Waals surface area contributed by atoms with Gasteiger partial charge in [0.05, 0.1) is 23.9 Å². The number of hydrogen-bond donors (Lipinski definition) is 2. The molecule has 0 spiro atoms. The Morgan fingerprint density at radius 2 is 1.89 bits per heavy atom. The van der Waals surface area contributed by atoms with Gasteiger partial charge < -0.3 is 14.4 Å². The summed E-state index contributed by atoms with van der Waals surface area (Å²) >= 11 is 0. The number of allylic oxidation sites excluding steroid dienone is 2. The third-order valence-electron chi connectivity index (χ3n) is 7.07. The van der Waals surface area contributed by atoms with Gasteiger partial charge in [0.2, 0.25) is 10.0 Å². The molecule has 1 fully saturated rings. The highest BCUT2D eigenvalue weighted by atomic mass is 32.2. The Kier molecular flexibility index (Phi) is 6.42. The Morgan fingerprint density at radius 1 is 1.22 bits per heavy atom. The van der Waals surface area contributed by atoms with Crippen LogP contribution in [0.15, 0.2) is 58.2 Å². The van der Waals surface area contributed by atoms with Crippen LogP contribution in [0.25, 0.3) is 10.9 Å². The predicted octanol–water partition coefficient (Wildman–Crippen LogP) is 3.68. The summed E-state index contributed by atoms with van der Waals surface area (Å²) in [6, 6.07) is 6.30. The smallest absolute Gasteiger partial charge is 0.418 e. The number of ether oxygens (including phenoxy) is 1. The minimum absolute atomic E-state index is 0.126. The van der Waals surface area contributed by atoms with Crippen molar-refractivity contribution in [2.24, 2.45) is 10.6 Å². The van der Waals surface area contributed by atoms with Crippen molar-refractivity contribution in [3.63, 3.8) is 0 Å². The zero-order chi connectivity index (χ0) is 26.7. The van der Waals surface area contributed by atoms with Crippen LogP contribution in [-0.2, 0) is 21.3 Å². The second kappa shape index (κ2) is 8.74. The first kappa shape index (κ1) is 26.4. The Labute approximate surface area is 207 Å². The molecule has 196 valence electrons. The second-order valence-corrected chi connectivity index (χ2v) is 12.1. The molecule has 1 aliphatic carbocycles. The Hall–Kier alpha value is -2.63. The highest BCUT2D eigenvalue weighted by Crippen LogP contribution is 2.49. The third kappa shape index (κ3) is 4.71. The first-order valence-electron chi connectivity index (χ1n) is 11.5. The summed E-state index contributed by atoms with van der Waals surface area (Å²) in [5.74, 6) is 0.383. The van der Waals surface area contributed by atoms with E-state index in [0.29, 0.717) is 23.3 Å². The number of pyridine rings is 1. The van der Waals surface area contributed by atoms with Crippen LogP contribution in [0.2, 0.25) is 0 Å². The van der Waals surface area contributed by atoms with Gasteiger partial charge in [-0.25, -0.2) is 13.6 Å². The Morgan fingerprint density at radius 3 is 2.53 bits per heavy atom. The molecule has 0 amide bonds. The molecule has 4 rings (SSSR count). The number of benzene rings is 1. The number of rotatable bonds is 6. The number of para-hydroxylation sites is 1. The molecular formula is C25H29F3N2O5S. The average molecular weight is 527 g/mol. The Balaban J connectivity index is 1.78. The van der Waals surface area contributed by atoms with Crippen LogP contribution in [0.1, 0.15) is 38.7 Å². The summed E-state index contributed by atoms with van der Waals surface area (Å²) in [5, 5.41) is 15.8. The van der Waals surface area contributed by atoms with Gasteiger partial charge in [-0.05, 0) is 48.5 Å². The van der Waals surface area contributed by atoms with Gasteiger partial charge in [-0.3, -0.25) is 4.79 Å². The predicted molar refractivity (Wildman–Crippen MR) is 130 cm³/mol. The number of alkyl halides is 3. The lowest BCUT2D eigenvalue weighted by atomic mass is 9.71. The molecule has 2 atom stereocenters. The quantitative estimate of drug-likeness (QED) is 0.597. The third-order valence-corrected chi connectivity index (χ3v) is 8.22. The van der Waals surface area contributed by atoms with Crippen molar-refractivity contribution in [2.45, 2.75) is 63.6 Å². The van der Waals surface area contributed by atoms with E-state index in [1.54, 1.807) is 12.1 Å². The monoisotopic (exact) mass is 526 g/mol. The van der Waals surface area contributed by atoms with Crippen LogP contribution in [0, 0.1) is 12.3 Å². The zero-order valence-corrected chi connectivity index (χ0v) is 21.0. The SMILES string of the molecule is Cc1cn(CC(O)(CC(C)(C)C2=C3OCCC3=CC(S(N)(=O)=O)C2)C(F)(F)F)c2ccccc2c1=O. The fourth-order valence-corrected chi connectivity index (χ4v) is 6.02. The van der Waals surface area contributed by atoms with Gasteiger partial charge in [-0.2, -0.15) is 13.2 Å². The van der Waals surface area contributed by atoms with E-state index >= 15 is 0 Å². The van der Waals surface area contributed by atoms with Crippen molar-refractivity contribution in [1.82, 2.24) is 4.57 Å². The minimum atomic E-state index is -5.03. The summed E-state index contributed by atoms with van der Waals surface area (Å²) in [6.07, 6.45) is -2.68. The van der Waals surface area contributed by atoms with Crippen molar-refractivity contribution in [3.05, 3.63) is 69.2 Å². The summed E-state index contributed by atoms with van der Waals surface area (Å²) in [6.45, 7) is 4.00. The van der Waals surface area contributed by atoms with E-state index < -0.39 is 45.4 Å². The summed E-state index contributed by atoms with van der Waals surface area (Å²) in [7, 11) is -4.00. The van der Waals surface area contributed by atoms with Gasteiger partial charge >= 0.3 is 6.18 Å². The lowest BCUT2D eigenvalue weighted by Crippen LogP contribution is -2.52. The van der Waals surface area contributed by atoms with Crippen molar-refractivity contribution in [3.8, 4) is 0 Å². The normalized spacial score (nSPS) is 20.7. The number of aliphatic hydroxyl groups is 1. The molecule has 1 aromatic heterocycles. The number of aromatic nitrogens is 1. The van der Waals surface area contributed by atoms with E-state index in [9.17, 15) is 31.5 Å². The number of nitrogens with zero attached hydrogens (tertiary/aromatic N) is 1. The van der Waals surface area contributed by atoms with Gasteiger partial charge in [-0.15, -0.1) is 0 Å². The van der Waals surface area contributed by atoms with E-state index in [1.807, 2.05) is 0 Å². The molecule has 36 heavy (non-hydrogen) atoms. The molecule has 0 saturated carbocycles. The maximum atomic E-state index is 14.5. The minimum Gasteiger partial charge on any atom is -0.493 e. The van der Waals surface area contributed by atoms with Gasteiger partial charge in [0.15, 0.2) is 11.0 Å². The molecule has 2 unspecified atom stereocenters. The van der Waals surface area contributed by atoms with E-state index in [4.69, 9.17) is 9.88 Å². The summed E-state index contributed by atoms with van der Waals surface area (Å²) in [5.41, 5.74) is -3.31. The van der Waals surface area contributed by atoms with Gasteiger partial charge in [0.25, 0.3) is 0 Å². The summed E-state index contributed by atoms with van der Waals surface area (Å²) < 4.78 is 74.7. The van der Waals surface area contributed by atoms with Crippen molar-refractivity contribution < 1.29 is 31.4 Å². The maximum absolute atomic E-state index is 14.5. The molecule has 0 bridgehead atoms. The van der Waals surface area contributed by atoms with Crippen LogP contribution in [0.4, 0.5) is 13.2 Å². The Bertz CT molecular complexity index is 1440. The number of fused-ring (bicyclic) bond motifs is 2. The van der Waals surface area contributed by atoms with E-state index in [2.05, 4.69) is 0 Å². The molecule has 2 aromatic rings. The molecule has 1 aliphatic heterocycles. The molecule has 1 aromatic carbocycles. The molecule has 2 heterocycles. The number of nitrogens with two attached hydrogens (primary N) is 1. The van der Waals surface area contributed by atoms with Crippen LogP contribution >= 0.6 is 0 Å². The van der Waals surface area contributed by atoms with E-state index in [0.717, 1.165) is 0 Å². The highest BCUT2D eigenvalue weighted by Gasteiger charge is 2.57. The van der Waals surface area contributed by atoms with Crippen LogP contribution < -0.4 is 10.6 Å². The molecule has 1 saturated heterocycles. The van der Waals surface area contributed by atoms with Crippen molar-refractivity contribution in [2.75, 3.05) is 6.61 Å². The van der Waals surface area contributed by atoms with Crippen LogP contribution in [0.3, 0.4) is 0 Å². The number of halogens is 3. The largest absolute Gasteiger partial charge is 0.493 e. The second-order valence-electron chi connectivity index (χ2n) is 10.3. The molecule has 0 radical (unpaired) electrons. The first-order chi connectivity index (χ1) is 16.5. The standard InChI is InChI=1S/C25H29F3N2O5S/c1-15-12-30(20-7-5-4-6-18(20)21(15)31)14-24(32,25(26,27)28)13-23(2,3)19-11-17(36(29,33)34)10-16-8-9-35-22(16)19/h4-7,10,12,17,32H,8-9,11,13-14H2,1-3H3,(H2,29,33,34). The summed E-state index contributed by atoms with van der Waals surface area (Å²) in [4.78, 5) is 12.5. The fraction of sp³-hybridized carbons (Fsp3) is 0.480. The van der Waals surface area contributed by atoms with Crippen LogP contribution in [-0.4, -0.2) is 41.7 Å². The number of hydrogen-bond acceptors (Lipinski definition) is 5. The number of sulfonamides is 1. The maximum Gasteiger partial charge on any atom is 0.418 e. The first-order valence-corrected chi connectivity index (χ1v) is 13.1. The van der Waals surface area contributed by atoms with Crippen molar-refractivity contribution in [1.29, 1.82) is 0 Å². The lowest BCUT2D eigenvalue weighted by molar-refractivity contribution is -0.273.